The van der Waals surface area contributed by atoms with Gasteiger partial charge in [0.2, 0.25) is 0 Å². The minimum atomic E-state index is -1.09. The average molecular weight is 1200 g/mol. The maximum Gasteiger partial charge on any atom is 0.429 e. The van der Waals surface area contributed by atoms with Gasteiger partial charge in [0.15, 0.2) is 0 Å². The number of anilines is 4. The van der Waals surface area contributed by atoms with E-state index in [9.17, 15) is 28.8 Å². The number of carbonyl (C=O) groups excluding carboxylic acids is 6. The molecular weight excluding hydrogens is 1130 g/mol. The van der Waals surface area contributed by atoms with Gasteiger partial charge in [0.05, 0.1) is 41.3 Å². The molecule has 0 saturated carbocycles. The lowest BCUT2D eigenvalue weighted by atomic mass is 9.89. The molecule has 3 N–H and O–H groups in total. The van der Waals surface area contributed by atoms with Crippen molar-refractivity contribution in [2.75, 3.05) is 47.1 Å². The fraction of sp³-hybridized carbons (Fsp3) is 0.323. The van der Waals surface area contributed by atoms with Crippen molar-refractivity contribution < 1.29 is 57.2 Å². The Balaban J connectivity index is 0.000000183. The Bertz CT molecular complexity index is 3240. The number of para-hydroxylation sites is 4. The first-order valence-corrected chi connectivity index (χ1v) is 27.7. The van der Waals surface area contributed by atoms with Crippen LogP contribution >= 0.6 is 15.9 Å². The van der Waals surface area contributed by atoms with Crippen molar-refractivity contribution in [3.05, 3.63) is 192 Å². The first-order valence-electron chi connectivity index (χ1n) is 26.9. The minimum absolute atomic E-state index is 0.0533. The van der Waals surface area contributed by atoms with Crippen molar-refractivity contribution in [2.45, 2.75) is 101 Å². The molecular formula is C62H69BrN8O12. The molecule has 4 heterocycles. The van der Waals surface area contributed by atoms with Crippen molar-refractivity contribution in [3.63, 3.8) is 0 Å². The number of likely N-dealkylation sites (tertiary alicyclic amines) is 2. The lowest BCUT2D eigenvalue weighted by Crippen LogP contribution is -2.63. The van der Waals surface area contributed by atoms with Gasteiger partial charge >= 0.3 is 36.6 Å². The van der Waals surface area contributed by atoms with Crippen LogP contribution in [0, 0.1) is 0 Å². The molecule has 20 nitrogen and oxygen atoms in total. The van der Waals surface area contributed by atoms with Gasteiger partial charge in [-0.15, -0.1) is 0 Å². The summed E-state index contributed by atoms with van der Waals surface area (Å²) >= 11 is 3.82. The highest BCUT2D eigenvalue weighted by molar-refractivity contribution is 9.09. The molecule has 10 rings (SSSR count). The molecule has 2 fully saturated rings. The highest BCUT2D eigenvalue weighted by Crippen LogP contribution is 2.56. The van der Waals surface area contributed by atoms with Crippen LogP contribution in [0.25, 0.3) is 0 Å². The van der Waals surface area contributed by atoms with Crippen LogP contribution in [0.2, 0.25) is 0 Å². The number of alkyl halides is 1. The van der Waals surface area contributed by atoms with Crippen LogP contribution < -0.4 is 31.1 Å². The number of hydrazine groups is 2. The van der Waals surface area contributed by atoms with Crippen LogP contribution in [0.4, 0.5) is 51.5 Å². The summed E-state index contributed by atoms with van der Waals surface area (Å²) in [6, 6.07) is 51.9. The quantitative estimate of drug-likeness (QED) is 0.0477. The van der Waals surface area contributed by atoms with E-state index in [-0.39, 0.29) is 19.8 Å². The number of nitrogens with zero attached hydrogens (tertiary/aromatic N) is 6. The molecule has 0 aliphatic carbocycles. The number of halogens is 1. The predicted octanol–water partition coefficient (Wildman–Crippen LogP) is 12.3. The van der Waals surface area contributed by atoms with E-state index in [0.29, 0.717) is 36.4 Å². The van der Waals surface area contributed by atoms with Gasteiger partial charge in [0.25, 0.3) is 0 Å². The fourth-order valence-electron chi connectivity index (χ4n) is 10.3. The summed E-state index contributed by atoms with van der Waals surface area (Å²) in [6.45, 7) is 11.7. The summed E-state index contributed by atoms with van der Waals surface area (Å²) in [6.07, 6.45) is -3.77. The summed E-state index contributed by atoms with van der Waals surface area (Å²) in [5.41, 5.74) is 6.89. The molecule has 0 spiro atoms. The Morgan fingerprint density at radius 1 is 0.530 bits per heavy atom. The molecule has 2 unspecified atom stereocenters. The molecule has 21 heteroatoms. The molecule has 6 amide bonds. The molecule has 0 aromatic heterocycles. The predicted molar refractivity (Wildman–Crippen MR) is 316 cm³/mol. The van der Waals surface area contributed by atoms with Crippen LogP contribution in [0.15, 0.2) is 170 Å². The van der Waals surface area contributed by atoms with Crippen molar-refractivity contribution in [2.24, 2.45) is 5.84 Å². The highest BCUT2D eigenvalue weighted by atomic mass is 79.9. The van der Waals surface area contributed by atoms with Crippen LogP contribution in [0.1, 0.15) is 76.6 Å². The highest BCUT2D eigenvalue weighted by Gasteiger charge is 2.63. The van der Waals surface area contributed by atoms with Gasteiger partial charge in [-0.25, -0.2) is 50.1 Å². The van der Waals surface area contributed by atoms with E-state index in [1.165, 1.54) is 29.0 Å². The largest absolute Gasteiger partial charge is 0.453 e. The van der Waals surface area contributed by atoms with E-state index in [0.717, 1.165) is 33.0 Å². The van der Waals surface area contributed by atoms with E-state index in [1.54, 1.807) is 93.8 Å². The Kier molecular flexibility index (Phi) is 18.7. The van der Waals surface area contributed by atoms with Gasteiger partial charge in [-0.1, -0.05) is 149 Å². The molecule has 0 bridgehead atoms. The third-order valence-electron chi connectivity index (χ3n) is 13.8. The second-order valence-corrected chi connectivity index (χ2v) is 23.1. The van der Waals surface area contributed by atoms with Gasteiger partial charge in [-0.05, 0) is 107 Å². The van der Waals surface area contributed by atoms with Gasteiger partial charge in [0.1, 0.15) is 42.3 Å². The van der Waals surface area contributed by atoms with Crippen LogP contribution in [-0.4, -0.2) is 97.2 Å². The number of nitrogens with one attached hydrogen (secondary N) is 1. The smallest absolute Gasteiger partial charge is 0.429 e. The maximum atomic E-state index is 13.8. The minimum Gasteiger partial charge on any atom is -0.453 e. The molecule has 83 heavy (non-hydrogen) atoms. The Morgan fingerprint density at radius 3 is 1.42 bits per heavy atom. The van der Waals surface area contributed by atoms with Gasteiger partial charge in [-0.2, -0.15) is 0 Å². The number of hydrogen-bond donors (Lipinski definition) is 2. The van der Waals surface area contributed by atoms with Crippen molar-refractivity contribution in [1.29, 1.82) is 0 Å². The molecule has 2 saturated heterocycles. The van der Waals surface area contributed by atoms with E-state index >= 15 is 0 Å². The molecule has 436 valence electrons. The zero-order valence-corrected chi connectivity index (χ0v) is 49.2. The number of amides is 6. The number of carbonyl (C=O) groups is 6. The third kappa shape index (κ3) is 13.5. The zero-order valence-electron chi connectivity index (χ0n) is 47.6. The van der Waals surface area contributed by atoms with Crippen molar-refractivity contribution >= 4 is 75.2 Å². The van der Waals surface area contributed by atoms with E-state index in [4.69, 9.17) is 34.3 Å². The molecule has 4 aliphatic rings. The van der Waals surface area contributed by atoms with E-state index in [2.05, 4.69) is 21.4 Å². The number of fused-ring (bicyclic) bond motifs is 6. The summed E-state index contributed by atoms with van der Waals surface area (Å²) in [5.74, 6) is 5.60. The number of hydrogen-bond acceptors (Lipinski definition) is 14. The number of benzene rings is 6. The summed E-state index contributed by atoms with van der Waals surface area (Å²) in [5, 5.41) is 2.33. The Labute approximate surface area is 491 Å². The van der Waals surface area contributed by atoms with E-state index < -0.39 is 70.0 Å². The van der Waals surface area contributed by atoms with Crippen molar-refractivity contribution in [1.82, 2.24) is 15.2 Å². The first-order chi connectivity index (χ1) is 39.6. The average Bonchev–Trinajstić information content (AvgIpc) is 3.38. The number of rotatable bonds is 8. The monoisotopic (exact) mass is 1200 g/mol. The van der Waals surface area contributed by atoms with Crippen LogP contribution in [0.3, 0.4) is 0 Å². The maximum absolute atomic E-state index is 13.8. The fourth-order valence-corrected chi connectivity index (χ4v) is 11.2. The normalized spacial score (nSPS) is 19.0. The molecule has 0 radical (unpaired) electrons. The lowest BCUT2D eigenvalue weighted by Gasteiger charge is -2.40. The van der Waals surface area contributed by atoms with Gasteiger partial charge in [0, 0.05) is 18.7 Å². The second kappa shape index (κ2) is 25.6. The summed E-state index contributed by atoms with van der Waals surface area (Å²) < 4.78 is 31.7. The Morgan fingerprint density at radius 2 is 0.928 bits per heavy atom. The second-order valence-electron chi connectivity index (χ2n) is 21.7. The van der Waals surface area contributed by atoms with Crippen molar-refractivity contribution in [3.8, 4) is 0 Å². The topological polar surface area (TPSA) is 215 Å². The molecule has 6 aromatic rings. The zero-order chi connectivity index (χ0) is 59.7. The SMILES string of the molecule is CC(C)(C)OC(=O)N(N)c1ccccc1.COC(=O)N1CC[C@]2(Br)c3ccccc3N(C(=O)OCc3ccccc3)C12.COC(=O)N1CC[C@]2(NN(C(=O)OC(C)(C)C)c3ccccc3)c3ccccc3N(C(=O)OCc3ccccc3)C12. The summed E-state index contributed by atoms with van der Waals surface area (Å²) in [4.78, 5) is 83.4. The number of methoxy groups -OCH3 is 2. The molecule has 4 atom stereocenters. The summed E-state index contributed by atoms with van der Waals surface area (Å²) in [7, 11) is 2.64. The standard InChI is InChI=1S/C31H34N4O6.C20H19BrN2O4.C11H16N2O2/c1-30(2,3)41-29(38)35(23-15-9-6-10-16-23)32-31-19-20-33(27(36)39-4)26(31)34(25-18-12-11-17-24(25)31)28(37)40-21-22-13-7-5-8-14-22;1-26-18(24)22-12-11-20(21)15-9-5-6-10-16(15)23(17(20)22)19(25)27-13-14-7-3-2-4-8-14;1-11(2,3)15-10(14)13(12)9-7-5-4-6-8-9/h5-18,26,32H,19-21H2,1-4H3;2-10,17H,11-13H2,1H3;4-8H,12H2,1-3H3/t26?,31-;17?,20-;/m00./s1. The number of ether oxygens (including phenoxy) is 6. The lowest BCUT2D eigenvalue weighted by molar-refractivity contribution is 0.0525. The van der Waals surface area contributed by atoms with Gasteiger partial charge < -0.3 is 28.4 Å². The van der Waals surface area contributed by atoms with Crippen LogP contribution in [-0.2, 0) is 51.5 Å². The Hall–Kier alpha value is -8.66. The number of nitrogens with two attached hydrogens (primary N) is 1. The molecule has 6 aromatic carbocycles. The van der Waals surface area contributed by atoms with Gasteiger partial charge in [-0.3, -0.25) is 19.6 Å². The van der Waals surface area contributed by atoms with Crippen LogP contribution in [0.5, 0.6) is 0 Å². The first kappa shape index (κ1) is 60.4. The van der Waals surface area contributed by atoms with E-state index in [1.807, 2.05) is 127 Å². The third-order valence-corrected chi connectivity index (χ3v) is 15.0. The molecule has 4 aliphatic heterocycles.